The molecule has 0 aromatic carbocycles. The second-order valence-corrected chi connectivity index (χ2v) is 19.3. The second kappa shape index (κ2) is 38.8. The molecule has 0 saturated heterocycles. The van der Waals surface area contributed by atoms with E-state index in [1.807, 2.05) is 30.4 Å². The summed E-state index contributed by atoms with van der Waals surface area (Å²) in [6, 6.07) is 0. The lowest BCUT2D eigenvalue weighted by Crippen LogP contribution is -2.64. The maximum absolute atomic E-state index is 13.0. The van der Waals surface area contributed by atoms with E-state index in [4.69, 9.17) is 18.5 Å². The zero-order valence-electron chi connectivity index (χ0n) is 40.1. The summed E-state index contributed by atoms with van der Waals surface area (Å²) in [5.74, 6) is -1.48. The summed E-state index contributed by atoms with van der Waals surface area (Å²) >= 11 is 0. The minimum Gasteiger partial charge on any atom is -0.462 e. The van der Waals surface area contributed by atoms with Crippen molar-refractivity contribution in [2.24, 2.45) is 0 Å². The number of hydrogen-bond donors (Lipinski definition) is 8. The van der Waals surface area contributed by atoms with Gasteiger partial charge in [0.05, 0.1) is 12.7 Å². The Morgan fingerprint density at radius 1 is 0.544 bits per heavy atom. The van der Waals surface area contributed by atoms with Crippen LogP contribution in [0.3, 0.4) is 0 Å². The van der Waals surface area contributed by atoms with Crippen LogP contribution in [0.2, 0.25) is 0 Å². The molecule has 390 valence electrons. The van der Waals surface area contributed by atoms with Crippen molar-refractivity contribution in [1.82, 2.24) is 0 Å². The third kappa shape index (κ3) is 32.9. The number of hydrogen-bond acceptors (Lipinski definition) is 14. The number of ether oxygens (including phenoxy) is 2. The van der Waals surface area contributed by atoms with E-state index in [1.165, 1.54) is 57.8 Å². The number of unbranched alkanes of at least 4 members (excludes halogenated alkanes) is 10. The molecule has 8 N–H and O–H groups in total. The van der Waals surface area contributed by atoms with Gasteiger partial charge in [-0.25, -0.2) is 9.13 Å². The fourth-order valence-electron chi connectivity index (χ4n) is 6.73. The molecule has 9 atom stereocenters. The number of aliphatic hydroxyl groups excluding tert-OH is 5. The Hall–Kier alpha value is -2.86. The Morgan fingerprint density at radius 2 is 1.03 bits per heavy atom. The molecule has 0 aromatic heterocycles. The molecule has 17 nitrogen and oxygen atoms in total. The van der Waals surface area contributed by atoms with Gasteiger partial charge in [-0.05, 0) is 77.0 Å². The lowest BCUT2D eigenvalue weighted by molar-refractivity contribution is -0.216. The molecule has 1 aliphatic rings. The van der Waals surface area contributed by atoms with Crippen LogP contribution in [0.1, 0.15) is 149 Å². The van der Waals surface area contributed by atoms with Crippen molar-refractivity contribution in [3.05, 3.63) is 85.1 Å². The molecule has 0 spiro atoms. The lowest BCUT2D eigenvalue weighted by atomic mass is 9.85. The summed E-state index contributed by atoms with van der Waals surface area (Å²) < 4.78 is 49.2. The normalized spacial score (nSPS) is 22.4. The van der Waals surface area contributed by atoms with Gasteiger partial charge in [-0.15, -0.1) is 0 Å². The number of esters is 2. The van der Waals surface area contributed by atoms with Gasteiger partial charge in [0.15, 0.2) is 6.10 Å². The quantitative estimate of drug-likeness (QED) is 0.00944. The van der Waals surface area contributed by atoms with Crippen molar-refractivity contribution >= 4 is 27.6 Å². The van der Waals surface area contributed by atoms with E-state index in [-0.39, 0.29) is 25.7 Å². The standard InChI is InChI=1S/C49H82O17P2/c1-3-5-7-9-11-13-15-17-18-19-20-22-24-26-28-30-32-36-43(52)64-41(39-63-68(60,61)66-49-46(55)44(53)45(54)48(47(49)56)65-67(57,58)59)38-62-42(51)37-33-35-40(50)34-31-29-27-25-23-21-16-14-12-10-8-6-4-2/h11,13,17-18,20-23,26-29,31,34,40-41,44-50,53-56H,3-10,12,14-16,19,24-25,30,32-33,35-39H2,1-2H3,(H,60,61)(H2,57,58,59)/b13-11-,18-17-,22-20-,23-21+,28-26-,29-27+,34-31+/t40?,41-,44?,45?,46?,47?,48-,49+/m1/s1. The van der Waals surface area contributed by atoms with Gasteiger partial charge in [0.25, 0.3) is 0 Å². The van der Waals surface area contributed by atoms with Crippen LogP contribution in [0.4, 0.5) is 0 Å². The van der Waals surface area contributed by atoms with Crippen LogP contribution in [0.25, 0.3) is 0 Å². The minimum absolute atomic E-state index is 0.0755. The summed E-state index contributed by atoms with van der Waals surface area (Å²) in [6.45, 7) is 2.86. The monoisotopic (exact) mass is 1000 g/mol. The topological polar surface area (TPSA) is 276 Å². The highest BCUT2D eigenvalue weighted by atomic mass is 31.2. The average Bonchev–Trinajstić information content (AvgIpc) is 3.29. The zero-order chi connectivity index (χ0) is 50.5. The van der Waals surface area contributed by atoms with Crippen LogP contribution in [0.15, 0.2) is 85.1 Å². The highest BCUT2D eigenvalue weighted by Crippen LogP contribution is 2.49. The molecule has 0 aromatic rings. The van der Waals surface area contributed by atoms with Crippen molar-refractivity contribution < 1.29 is 82.0 Å². The predicted molar refractivity (Wildman–Crippen MR) is 261 cm³/mol. The number of carbonyl (C=O) groups is 2. The molecule has 1 rings (SSSR count). The van der Waals surface area contributed by atoms with E-state index in [9.17, 15) is 58.9 Å². The number of carbonyl (C=O) groups excluding carboxylic acids is 2. The zero-order valence-corrected chi connectivity index (χ0v) is 41.9. The largest absolute Gasteiger partial charge is 0.472 e. The molecule has 0 amide bonds. The third-order valence-electron chi connectivity index (χ3n) is 10.5. The number of phosphoric ester groups is 2. The lowest BCUT2D eigenvalue weighted by Gasteiger charge is -2.43. The van der Waals surface area contributed by atoms with E-state index in [0.717, 1.165) is 32.1 Å². The van der Waals surface area contributed by atoms with Gasteiger partial charge in [0, 0.05) is 12.8 Å². The molecule has 6 unspecified atom stereocenters. The Labute approximate surface area is 404 Å². The first kappa shape index (κ1) is 63.2. The number of rotatable bonds is 39. The van der Waals surface area contributed by atoms with Crippen LogP contribution in [0.5, 0.6) is 0 Å². The Morgan fingerprint density at radius 3 is 1.62 bits per heavy atom. The Bertz CT molecular complexity index is 1650. The SMILES string of the molecule is CCCCC/C=C\C/C=C\C/C=C\C/C=C\CCCC(=O)O[C@H](COC(=O)CCCC(O)/C=C/C=C/C/C=C/CCCCCCCC)COP(=O)(O)O[C@H]1C(O)C(O)C(O)[C@@H](OP(=O)(O)O)C1O. The predicted octanol–water partition coefficient (Wildman–Crippen LogP) is 8.36. The van der Waals surface area contributed by atoms with E-state index < -0.39 is 89.6 Å². The molecule has 1 fully saturated rings. The van der Waals surface area contributed by atoms with Crippen molar-refractivity contribution in [1.29, 1.82) is 0 Å². The van der Waals surface area contributed by atoms with Crippen LogP contribution in [-0.2, 0) is 41.8 Å². The summed E-state index contributed by atoms with van der Waals surface area (Å²) in [7, 11) is -10.8. The third-order valence-corrected chi connectivity index (χ3v) is 12.0. The molecule has 68 heavy (non-hydrogen) atoms. The van der Waals surface area contributed by atoms with E-state index in [2.05, 4.69) is 60.9 Å². The van der Waals surface area contributed by atoms with Gasteiger partial charge < -0.3 is 49.7 Å². The Balaban J connectivity index is 2.71. The van der Waals surface area contributed by atoms with E-state index in [0.29, 0.717) is 19.3 Å². The highest BCUT2D eigenvalue weighted by molar-refractivity contribution is 7.47. The molecule has 0 radical (unpaired) electrons. The average molecular weight is 1010 g/mol. The van der Waals surface area contributed by atoms with Crippen LogP contribution in [-0.4, -0.2) is 114 Å². The van der Waals surface area contributed by atoms with E-state index in [1.54, 1.807) is 12.2 Å². The van der Waals surface area contributed by atoms with Crippen LogP contribution in [0, 0.1) is 0 Å². The van der Waals surface area contributed by atoms with Gasteiger partial charge >= 0.3 is 27.6 Å². The van der Waals surface area contributed by atoms with Crippen molar-refractivity contribution in [3.63, 3.8) is 0 Å². The fourth-order valence-corrected chi connectivity index (χ4v) is 8.27. The van der Waals surface area contributed by atoms with Crippen molar-refractivity contribution in [3.8, 4) is 0 Å². The molecule has 0 aliphatic heterocycles. The molecule has 1 saturated carbocycles. The molecule has 19 heteroatoms. The van der Waals surface area contributed by atoms with Crippen LogP contribution < -0.4 is 0 Å². The van der Waals surface area contributed by atoms with Crippen molar-refractivity contribution in [2.45, 2.75) is 198 Å². The van der Waals surface area contributed by atoms with E-state index >= 15 is 0 Å². The summed E-state index contributed by atoms with van der Waals surface area (Å²) in [5.41, 5.74) is 0. The fraction of sp³-hybridized carbons (Fsp3) is 0.673. The highest BCUT2D eigenvalue weighted by Gasteiger charge is 2.54. The Kier molecular flexibility index (Phi) is 36.1. The first-order valence-electron chi connectivity index (χ1n) is 24.2. The molecular formula is C49H82O17P2. The summed E-state index contributed by atoms with van der Waals surface area (Å²) in [5, 5.41) is 51.6. The van der Waals surface area contributed by atoms with Gasteiger partial charge in [0.2, 0.25) is 0 Å². The number of phosphoric acid groups is 2. The second-order valence-electron chi connectivity index (χ2n) is 16.7. The maximum Gasteiger partial charge on any atom is 0.472 e. The molecule has 0 bridgehead atoms. The van der Waals surface area contributed by atoms with Gasteiger partial charge in [0.1, 0.15) is 43.2 Å². The molecular weight excluding hydrogens is 922 g/mol. The first-order chi connectivity index (χ1) is 32.5. The number of aliphatic hydroxyl groups is 5. The van der Waals surface area contributed by atoms with Gasteiger partial charge in [-0.2, -0.15) is 0 Å². The number of allylic oxidation sites excluding steroid dienone is 13. The summed E-state index contributed by atoms with van der Waals surface area (Å²) in [6.07, 6.45) is 30.0. The molecule has 1 aliphatic carbocycles. The molecule has 0 heterocycles. The van der Waals surface area contributed by atoms with Gasteiger partial charge in [-0.3, -0.25) is 23.2 Å². The maximum atomic E-state index is 13.0. The summed E-state index contributed by atoms with van der Waals surface area (Å²) in [4.78, 5) is 54.3. The van der Waals surface area contributed by atoms with Crippen molar-refractivity contribution in [2.75, 3.05) is 13.2 Å². The minimum atomic E-state index is -5.39. The van der Waals surface area contributed by atoms with Crippen LogP contribution >= 0.6 is 15.6 Å². The smallest absolute Gasteiger partial charge is 0.462 e. The van der Waals surface area contributed by atoms with Gasteiger partial charge in [-0.1, -0.05) is 144 Å². The first-order valence-corrected chi connectivity index (χ1v) is 27.3.